The highest BCUT2D eigenvalue weighted by atomic mass is 16.1. The number of nitrogens with one attached hydrogen (secondary N) is 1. The average molecular weight is 348 g/mol. The van der Waals surface area contributed by atoms with E-state index in [0.29, 0.717) is 18.1 Å². The normalized spacial score (nSPS) is 25.2. The van der Waals surface area contributed by atoms with Gasteiger partial charge in [-0.1, -0.05) is 48.0 Å². The van der Waals surface area contributed by atoms with E-state index in [0.717, 1.165) is 36.9 Å². The summed E-state index contributed by atoms with van der Waals surface area (Å²) < 4.78 is 0. The molecular formula is C23H28N2O. The molecule has 0 radical (unpaired) electrons. The molecule has 2 saturated heterocycles. The molecule has 0 saturated carbocycles. The molecule has 2 heterocycles. The molecule has 2 aromatic rings. The van der Waals surface area contributed by atoms with Crippen molar-refractivity contribution in [3.8, 4) is 0 Å². The molecular weight excluding hydrogens is 320 g/mol. The molecule has 2 aliphatic heterocycles. The first kappa shape index (κ1) is 17.3. The number of benzene rings is 2. The van der Waals surface area contributed by atoms with E-state index in [2.05, 4.69) is 40.5 Å². The average Bonchev–Trinajstić information content (AvgIpc) is 2.89. The molecule has 1 N–H and O–H groups in total. The van der Waals surface area contributed by atoms with E-state index in [4.69, 9.17) is 0 Å². The minimum Gasteiger partial charge on any atom is -0.349 e. The van der Waals surface area contributed by atoms with Crippen molar-refractivity contribution in [2.24, 2.45) is 0 Å². The number of carbonyl (C=O) groups is 1. The van der Waals surface area contributed by atoms with Crippen molar-refractivity contribution in [3.63, 3.8) is 0 Å². The number of rotatable bonds is 5. The van der Waals surface area contributed by atoms with Crippen LogP contribution in [-0.2, 0) is 6.42 Å². The highest BCUT2D eigenvalue weighted by Gasteiger charge is 2.40. The van der Waals surface area contributed by atoms with Crippen LogP contribution in [0.3, 0.4) is 0 Å². The lowest BCUT2D eigenvalue weighted by molar-refractivity contribution is 0.0848. The summed E-state index contributed by atoms with van der Waals surface area (Å²) in [6.07, 6.45) is 5.84. The van der Waals surface area contributed by atoms with Gasteiger partial charge in [-0.25, -0.2) is 0 Å². The Morgan fingerprint density at radius 2 is 1.77 bits per heavy atom. The Kier molecular flexibility index (Phi) is 5.07. The third-order valence-corrected chi connectivity index (χ3v) is 6.00. The maximum Gasteiger partial charge on any atom is 0.251 e. The van der Waals surface area contributed by atoms with E-state index in [1.54, 1.807) is 0 Å². The Morgan fingerprint density at radius 1 is 1.04 bits per heavy atom. The van der Waals surface area contributed by atoms with E-state index < -0.39 is 0 Å². The SMILES string of the molecule is Cc1cccc(C(=O)NC2CC3CCC(C2)N3CCc2ccccc2)c1. The predicted molar refractivity (Wildman–Crippen MR) is 105 cm³/mol. The van der Waals surface area contributed by atoms with Crippen LogP contribution in [0.1, 0.15) is 47.2 Å². The smallest absolute Gasteiger partial charge is 0.251 e. The summed E-state index contributed by atoms with van der Waals surface area (Å²) in [5.41, 5.74) is 3.33. The van der Waals surface area contributed by atoms with Gasteiger partial charge in [-0.3, -0.25) is 9.69 Å². The van der Waals surface area contributed by atoms with Gasteiger partial charge in [-0.05, 0) is 56.7 Å². The van der Waals surface area contributed by atoms with Crippen LogP contribution < -0.4 is 5.32 Å². The van der Waals surface area contributed by atoms with Crippen LogP contribution in [0.2, 0.25) is 0 Å². The summed E-state index contributed by atoms with van der Waals surface area (Å²) in [4.78, 5) is 15.3. The number of piperidine rings is 1. The molecule has 3 heteroatoms. The Labute approximate surface area is 156 Å². The minimum absolute atomic E-state index is 0.0795. The van der Waals surface area contributed by atoms with E-state index in [1.165, 1.54) is 18.4 Å². The highest BCUT2D eigenvalue weighted by molar-refractivity contribution is 5.94. The van der Waals surface area contributed by atoms with Crippen molar-refractivity contribution in [2.45, 2.75) is 57.2 Å². The third-order valence-electron chi connectivity index (χ3n) is 6.00. The summed E-state index contributed by atoms with van der Waals surface area (Å²) >= 11 is 0. The second-order valence-corrected chi connectivity index (χ2v) is 7.87. The fraction of sp³-hybridized carbons (Fsp3) is 0.435. The van der Waals surface area contributed by atoms with Crippen LogP contribution in [0.25, 0.3) is 0 Å². The quantitative estimate of drug-likeness (QED) is 0.887. The topological polar surface area (TPSA) is 32.3 Å². The first-order chi connectivity index (χ1) is 12.7. The molecule has 2 fully saturated rings. The second-order valence-electron chi connectivity index (χ2n) is 7.87. The van der Waals surface area contributed by atoms with Gasteiger partial charge in [-0.2, -0.15) is 0 Å². The second kappa shape index (κ2) is 7.63. The van der Waals surface area contributed by atoms with Gasteiger partial charge in [0.2, 0.25) is 0 Å². The molecule has 0 spiro atoms. The van der Waals surface area contributed by atoms with Gasteiger partial charge in [0.1, 0.15) is 0 Å². The van der Waals surface area contributed by atoms with Crippen LogP contribution in [0.5, 0.6) is 0 Å². The van der Waals surface area contributed by atoms with E-state index in [1.807, 2.05) is 31.2 Å². The molecule has 2 unspecified atom stereocenters. The van der Waals surface area contributed by atoms with Crippen LogP contribution in [0.4, 0.5) is 0 Å². The van der Waals surface area contributed by atoms with Gasteiger partial charge >= 0.3 is 0 Å². The third kappa shape index (κ3) is 3.83. The van der Waals surface area contributed by atoms with E-state index in [9.17, 15) is 4.79 Å². The number of carbonyl (C=O) groups excluding carboxylic acids is 1. The number of hydrogen-bond donors (Lipinski definition) is 1. The van der Waals surface area contributed by atoms with Crippen molar-refractivity contribution >= 4 is 5.91 Å². The molecule has 3 nitrogen and oxygen atoms in total. The van der Waals surface area contributed by atoms with E-state index >= 15 is 0 Å². The van der Waals surface area contributed by atoms with Gasteiger partial charge in [0.05, 0.1) is 0 Å². The van der Waals surface area contributed by atoms with Gasteiger partial charge in [-0.15, -0.1) is 0 Å². The van der Waals surface area contributed by atoms with Crippen molar-refractivity contribution in [1.29, 1.82) is 0 Å². The van der Waals surface area contributed by atoms with Gasteiger partial charge in [0.25, 0.3) is 5.91 Å². The summed E-state index contributed by atoms with van der Waals surface area (Å²) in [5, 5.41) is 3.29. The fourth-order valence-corrected chi connectivity index (χ4v) is 4.72. The Bertz CT molecular complexity index is 744. The lowest BCUT2D eigenvalue weighted by Gasteiger charge is -2.39. The zero-order valence-electron chi connectivity index (χ0n) is 15.5. The monoisotopic (exact) mass is 348 g/mol. The Morgan fingerprint density at radius 3 is 2.46 bits per heavy atom. The van der Waals surface area contributed by atoms with Gasteiger partial charge in [0, 0.05) is 30.2 Å². The lowest BCUT2D eigenvalue weighted by atomic mass is 9.96. The fourth-order valence-electron chi connectivity index (χ4n) is 4.72. The summed E-state index contributed by atoms with van der Waals surface area (Å²) in [5.74, 6) is 0.0795. The number of amides is 1. The Balaban J connectivity index is 1.33. The summed E-state index contributed by atoms with van der Waals surface area (Å²) in [6, 6.07) is 20.2. The lowest BCUT2D eigenvalue weighted by Crippen LogP contribution is -2.50. The highest BCUT2D eigenvalue weighted by Crippen LogP contribution is 2.35. The first-order valence-corrected chi connectivity index (χ1v) is 9.86. The number of aryl methyl sites for hydroxylation is 1. The van der Waals surface area contributed by atoms with Crippen LogP contribution >= 0.6 is 0 Å². The van der Waals surface area contributed by atoms with Crippen LogP contribution in [0, 0.1) is 6.92 Å². The zero-order chi connectivity index (χ0) is 17.9. The molecule has 4 rings (SSSR count). The van der Waals surface area contributed by atoms with Crippen LogP contribution in [0.15, 0.2) is 54.6 Å². The number of fused-ring (bicyclic) bond motifs is 2. The van der Waals surface area contributed by atoms with Crippen molar-refractivity contribution in [1.82, 2.24) is 10.2 Å². The van der Waals surface area contributed by atoms with E-state index in [-0.39, 0.29) is 5.91 Å². The summed E-state index contributed by atoms with van der Waals surface area (Å²) in [6.45, 7) is 3.17. The van der Waals surface area contributed by atoms with Crippen molar-refractivity contribution in [2.75, 3.05) is 6.54 Å². The summed E-state index contributed by atoms with van der Waals surface area (Å²) in [7, 11) is 0. The van der Waals surface area contributed by atoms with Gasteiger partial charge in [0.15, 0.2) is 0 Å². The van der Waals surface area contributed by atoms with Gasteiger partial charge < -0.3 is 5.32 Å². The van der Waals surface area contributed by atoms with Crippen LogP contribution in [-0.4, -0.2) is 35.5 Å². The molecule has 2 atom stereocenters. The molecule has 2 aliphatic rings. The Hall–Kier alpha value is -2.13. The molecule has 2 aromatic carbocycles. The molecule has 26 heavy (non-hydrogen) atoms. The maximum absolute atomic E-state index is 12.6. The molecule has 136 valence electrons. The molecule has 0 aromatic heterocycles. The molecule has 2 bridgehead atoms. The number of hydrogen-bond acceptors (Lipinski definition) is 2. The molecule has 0 aliphatic carbocycles. The zero-order valence-corrected chi connectivity index (χ0v) is 15.5. The van der Waals surface area contributed by atoms with Crippen molar-refractivity contribution in [3.05, 3.63) is 71.3 Å². The van der Waals surface area contributed by atoms with Crippen molar-refractivity contribution < 1.29 is 4.79 Å². The first-order valence-electron chi connectivity index (χ1n) is 9.86. The maximum atomic E-state index is 12.6. The minimum atomic E-state index is 0.0795. The predicted octanol–water partition coefficient (Wildman–Crippen LogP) is 3.96. The molecule has 1 amide bonds. The standard InChI is InChI=1S/C23H28N2O/c1-17-6-5-9-19(14-17)23(26)24-20-15-21-10-11-22(16-20)25(21)13-12-18-7-3-2-4-8-18/h2-9,14,20-22H,10-13,15-16H2,1H3,(H,24,26). The largest absolute Gasteiger partial charge is 0.349 e. The number of nitrogens with zero attached hydrogens (tertiary/aromatic N) is 1.